The van der Waals surface area contributed by atoms with Crippen molar-refractivity contribution in [1.29, 1.82) is 0 Å². The molecule has 218 valence electrons. The molecule has 2 bridgehead atoms. The number of unbranched alkanes of at least 4 members (excludes halogenated alkanes) is 2. The van der Waals surface area contributed by atoms with Crippen molar-refractivity contribution in [3.8, 4) is 0 Å². The van der Waals surface area contributed by atoms with Gasteiger partial charge in [-0.25, -0.2) is 0 Å². The number of para-hydroxylation sites is 1. The number of rotatable bonds is 13. The maximum Gasteiger partial charge on any atom is 0.311 e. The van der Waals surface area contributed by atoms with E-state index in [2.05, 4.69) is 13.2 Å². The van der Waals surface area contributed by atoms with Crippen molar-refractivity contribution >= 4 is 35.2 Å². The zero-order valence-corrected chi connectivity index (χ0v) is 25.2. The topological polar surface area (TPSA) is 87.1 Å². The van der Waals surface area contributed by atoms with Crippen molar-refractivity contribution in [3.05, 3.63) is 54.6 Å². The van der Waals surface area contributed by atoms with Crippen LogP contribution in [0.5, 0.6) is 0 Å². The molecule has 1 N–H and O–H groups in total. The quantitative estimate of drug-likeness (QED) is 0.205. The minimum Gasteiger partial charge on any atom is -0.465 e. The van der Waals surface area contributed by atoms with Gasteiger partial charge in [-0.3, -0.25) is 14.4 Å². The number of carbonyl (C=O) groups excluding carboxylic acids is 3. The number of hydrogen-bond acceptors (Lipinski definition) is 6. The van der Waals surface area contributed by atoms with Crippen LogP contribution in [-0.4, -0.2) is 69.1 Å². The molecule has 1 aromatic rings. The lowest BCUT2D eigenvalue weighted by Gasteiger charge is -2.40. The van der Waals surface area contributed by atoms with Gasteiger partial charge in [0.2, 0.25) is 5.91 Å². The van der Waals surface area contributed by atoms with Gasteiger partial charge in [0.25, 0.3) is 5.91 Å². The Morgan fingerprint density at radius 3 is 2.52 bits per heavy atom. The third-order valence-electron chi connectivity index (χ3n) is 9.11. The van der Waals surface area contributed by atoms with E-state index >= 15 is 0 Å². The van der Waals surface area contributed by atoms with Gasteiger partial charge in [0, 0.05) is 17.0 Å². The Balaban J connectivity index is 1.77. The van der Waals surface area contributed by atoms with Crippen LogP contribution in [0.25, 0.3) is 0 Å². The summed E-state index contributed by atoms with van der Waals surface area (Å²) in [5.74, 6) is -2.06. The highest BCUT2D eigenvalue weighted by atomic mass is 32.2. The Hall–Kier alpha value is -2.58. The predicted molar refractivity (Wildman–Crippen MR) is 160 cm³/mol. The molecule has 6 atom stereocenters. The van der Waals surface area contributed by atoms with Crippen molar-refractivity contribution in [2.75, 3.05) is 24.7 Å². The summed E-state index contributed by atoms with van der Waals surface area (Å²) in [7, 11) is 0. The lowest BCUT2D eigenvalue weighted by molar-refractivity contribution is -0.156. The molecule has 3 fully saturated rings. The van der Waals surface area contributed by atoms with Gasteiger partial charge < -0.3 is 19.6 Å². The Morgan fingerprint density at radius 2 is 1.93 bits per heavy atom. The zero-order chi connectivity index (χ0) is 29.2. The number of thioether (sulfide) groups is 1. The number of ether oxygens (including phenoxy) is 1. The minimum atomic E-state index is -0.807. The fourth-order valence-electron chi connectivity index (χ4n) is 7.26. The van der Waals surface area contributed by atoms with Crippen LogP contribution in [0.4, 0.5) is 5.69 Å². The fraction of sp³-hybridized carbons (Fsp3) is 0.594. The molecule has 2 unspecified atom stereocenters. The van der Waals surface area contributed by atoms with Gasteiger partial charge in [-0.15, -0.1) is 24.9 Å². The van der Waals surface area contributed by atoms with E-state index in [0.717, 1.165) is 42.5 Å². The molecule has 4 rings (SSSR count). The van der Waals surface area contributed by atoms with Crippen molar-refractivity contribution in [2.45, 2.75) is 87.8 Å². The number of allylic oxidation sites excluding steroid dienone is 1. The molecule has 3 aliphatic rings. The van der Waals surface area contributed by atoms with Gasteiger partial charge in [0.05, 0.1) is 35.8 Å². The molecule has 3 heterocycles. The van der Waals surface area contributed by atoms with Crippen LogP contribution in [0.15, 0.2) is 43.5 Å². The summed E-state index contributed by atoms with van der Waals surface area (Å²) in [6.07, 6.45) is 7.90. The van der Waals surface area contributed by atoms with Gasteiger partial charge in [0.15, 0.2) is 0 Å². The maximum atomic E-state index is 14.8. The smallest absolute Gasteiger partial charge is 0.311 e. The number of esters is 1. The number of likely N-dealkylation sites (tertiary alicyclic amines) is 1. The Kier molecular flexibility index (Phi) is 9.20. The number of anilines is 1. The Morgan fingerprint density at radius 1 is 1.23 bits per heavy atom. The largest absolute Gasteiger partial charge is 0.465 e. The van der Waals surface area contributed by atoms with E-state index in [1.165, 1.54) is 0 Å². The van der Waals surface area contributed by atoms with Crippen molar-refractivity contribution in [3.63, 3.8) is 0 Å². The number of aliphatic hydroxyl groups is 1. The first-order valence-corrected chi connectivity index (χ1v) is 15.3. The predicted octanol–water partition coefficient (Wildman–Crippen LogP) is 4.97. The molecule has 0 aliphatic carbocycles. The first-order chi connectivity index (χ1) is 19.1. The van der Waals surface area contributed by atoms with Crippen molar-refractivity contribution in [2.24, 2.45) is 11.8 Å². The summed E-state index contributed by atoms with van der Waals surface area (Å²) in [5.41, 5.74) is 2.74. The molecule has 2 amide bonds. The molecule has 3 saturated heterocycles. The van der Waals surface area contributed by atoms with E-state index in [-0.39, 0.29) is 30.9 Å². The first kappa shape index (κ1) is 30.4. The molecule has 8 heteroatoms. The average Bonchev–Trinajstić information content (AvgIpc) is 3.49. The minimum absolute atomic E-state index is 0.185. The second kappa shape index (κ2) is 12.1. The summed E-state index contributed by atoms with van der Waals surface area (Å²) in [6, 6.07) is 4.59. The normalized spacial score (nSPS) is 29.3. The highest BCUT2D eigenvalue weighted by molar-refractivity contribution is 8.02. The van der Waals surface area contributed by atoms with Gasteiger partial charge in [-0.05, 0) is 70.4 Å². The lowest BCUT2D eigenvalue weighted by atomic mass is 9.66. The number of aliphatic hydroxyl groups excluding tert-OH is 1. The van der Waals surface area contributed by atoms with Gasteiger partial charge in [-0.2, -0.15) is 0 Å². The number of benzene rings is 1. The lowest BCUT2D eigenvalue weighted by Crippen LogP contribution is -2.57. The summed E-state index contributed by atoms with van der Waals surface area (Å²) < 4.78 is 4.50. The van der Waals surface area contributed by atoms with Crippen LogP contribution in [-0.2, 0) is 19.1 Å². The second-order valence-electron chi connectivity index (χ2n) is 11.6. The third kappa shape index (κ3) is 4.91. The second-order valence-corrected chi connectivity index (χ2v) is 13.5. The van der Waals surface area contributed by atoms with Crippen LogP contribution < -0.4 is 4.90 Å². The molecule has 1 spiro atoms. The summed E-state index contributed by atoms with van der Waals surface area (Å²) in [6.45, 7) is 15.9. The fourth-order valence-corrected chi connectivity index (χ4v) is 9.59. The van der Waals surface area contributed by atoms with Crippen molar-refractivity contribution < 1.29 is 24.2 Å². The summed E-state index contributed by atoms with van der Waals surface area (Å²) in [5, 5.41) is 10.4. The van der Waals surface area contributed by atoms with E-state index < -0.39 is 33.4 Å². The van der Waals surface area contributed by atoms with E-state index in [1.807, 2.05) is 52.0 Å². The van der Waals surface area contributed by atoms with E-state index in [9.17, 15) is 19.5 Å². The Labute approximate surface area is 243 Å². The Bertz CT molecular complexity index is 1150. The van der Waals surface area contributed by atoms with Crippen LogP contribution >= 0.6 is 11.8 Å². The van der Waals surface area contributed by atoms with Gasteiger partial charge in [0.1, 0.15) is 6.04 Å². The number of nitrogens with zero attached hydrogens (tertiary/aromatic N) is 2. The molecule has 0 saturated carbocycles. The van der Waals surface area contributed by atoms with Crippen LogP contribution in [0, 0.1) is 25.7 Å². The number of aryl methyl sites for hydroxylation is 2. The highest BCUT2D eigenvalue weighted by Gasteiger charge is 2.78. The third-order valence-corrected chi connectivity index (χ3v) is 11.1. The van der Waals surface area contributed by atoms with Crippen molar-refractivity contribution in [1.82, 2.24) is 4.90 Å². The molecular weight excluding hydrogens is 524 g/mol. The highest BCUT2D eigenvalue weighted by Crippen LogP contribution is 2.72. The average molecular weight is 569 g/mol. The van der Waals surface area contributed by atoms with Crippen LogP contribution in [0.3, 0.4) is 0 Å². The summed E-state index contributed by atoms with van der Waals surface area (Å²) >= 11 is 1.63. The van der Waals surface area contributed by atoms with E-state index in [0.29, 0.717) is 19.4 Å². The standard InChI is InChI=1S/C32H44N2O5S/c1-7-10-11-12-19-39-30(38)25-24-28(36)34(23(9-3)20-35)27(32(24)17-16-31(25,6)40-32)29(37)33(18-8-2)26-21(4)14-13-15-22(26)5/h7-8,13-15,23-25,27,35H,1-2,9-12,16-20H2,3-6H3/t23-,24-,25-,27?,31+,32?/m0/s1. The van der Waals surface area contributed by atoms with Crippen LogP contribution in [0.1, 0.15) is 63.5 Å². The van der Waals surface area contributed by atoms with E-state index in [4.69, 9.17) is 4.74 Å². The molecule has 40 heavy (non-hydrogen) atoms. The number of hydrogen-bond donors (Lipinski definition) is 1. The molecule has 1 aromatic carbocycles. The monoisotopic (exact) mass is 568 g/mol. The molecule has 0 radical (unpaired) electrons. The first-order valence-electron chi connectivity index (χ1n) is 14.5. The zero-order valence-electron chi connectivity index (χ0n) is 24.4. The molecular formula is C32H44N2O5S. The van der Waals surface area contributed by atoms with Gasteiger partial charge in [-0.1, -0.05) is 37.3 Å². The van der Waals surface area contributed by atoms with Gasteiger partial charge >= 0.3 is 5.97 Å². The van der Waals surface area contributed by atoms with E-state index in [1.54, 1.807) is 27.6 Å². The maximum absolute atomic E-state index is 14.8. The molecule has 3 aliphatic heterocycles. The molecule has 0 aromatic heterocycles. The SMILES string of the molecule is C=CCCCCOC(=O)[C@@H]1[C@H]2C(=O)N([C@@H](CC)CO)C(C(=O)N(CC=C)c3c(C)cccc3C)C23CC[C@@]1(C)S3. The summed E-state index contributed by atoms with van der Waals surface area (Å²) in [4.78, 5) is 46.1. The number of amides is 2. The number of carbonyl (C=O) groups is 3. The molecule has 7 nitrogen and oxygen atoms in total. The van der Waals surface area contributed by atoms with Crippen LogP contribution in [0.2, 0.25) is 0 Å². The number of fused-ring (bicyclic) bond motifs is 1.